The van der Waals surface area contributed by atoms with Crippen molar-refractivity contribution in [2.75, 3.05) is 0 Å². The van der Waals surface area contributed by atoms with E-state index in [1.54, 1.807) is 24.3 Å². The zero-order valence-corrected chi connectivity index (χ0v) is 24.3. The van der Waals surface area contributed by atoms with Crippen LogP contribution in [-0.2, 0) is 6.42 Å². The average Bonchev–Trinajstić information content (AvgIpc) is 3.04. The fourth-order valence-electron chi connectivity index (χ4n) is 5.50. The molecule has 0 heterocycles. The van der Waals surface area contributed by atoms with Gasteiger partial charge in [-0.1, -0.05) is 48.5 Å². The van der Waals surface area contributed by atoms with Crippen molar-refractivity contribution in [1.29, 1.82) is 10.5 Å². The van der Waals surface area contributed by atoms with Crippen molar-refractivity contribution < 1.29 is 26.3 Å². The molecular formula is C39H20F6N2. The second-order valence-electron chi connectivity index (χ2n) is 10.8. The highest BCUT2D eigenvalue weighted by atomic mass is 19.2. The minimum atomic E-state index is -0.985. The summed E-state index contributed by atoms with van der Waals surface area (Å²) in [4.78, 5) is 0. The lowest BCUT2D eigenvalue weighted by molar-refractivity contribution is 0.583. The molecule has 0 aliphatic rings. The van der Waals surface area contributed by atoms with E-state index in [0.717, 1.165) is 36.4 Å². The van der Waals surface area contributed by atoms with Crippen molar-refractivity contribution >= 4 is 0 Å². The SMILES string of the molecule is N#Cc1ccc(-c2ccc(-c3c(F)cc(Cc4cc(F)c(-c5ccc(-c6ccc(C#N)cc6)c(F)c5)c(F)c4)cc3F)cc2F)cc1. The highest BCUT2D eigenvalue weighted by Crippen LogP contribution is 2.34. The fraction of sp³-hybridized carbons (Fsp3) is 0.0256. The Kier molecular flexibility index (Phi) is 8.35. The summed E-state index contributed by atoms with van der Waals surface area (Å²) in [5.41, 5.74) is 1.32. The number of benzene rings is 6. The third kappa shape index (κ3) is 6.22. The Bertz CT molecular complexity index is 2040. The van der Waals surface area contributed by atoms with Crippen LogP contribution in [0.5, 0.6) is 0 Å². The van der Waals surface area contributed by atoms with Gasteiger partial charge in [0.15, 0.2) is 0 Å². The fourth-order valence-corrected chi connectivity index (χ4v) is 5.50. The number of halogens is 6. The van der Waals surface area contributed by atoms with E-state index in [-0.39, 0.29) is 39.8 Å². The largest absolute Gasteiger partial charge is 0.206 e. The van der Waals surface area contributed by atoms with Gasteiger partial charge < -0.3 is 0 Å². The van der Waals surface area contributed by atoms with Crippen molar-refractivity contribution in [1.82, 2.24) is 0 Å². The van der Waals surface area contributed by atoms with Crippen LogP contribution in [0.4, 0.5) is 26.3 Å². The first-order valence-corrected chi connectivity index (χ1v) is 14.2. The zero-order chi connectivity index (χ0) is 33.2. The van der Waals surface area contributed by atoms with E-state index >= 15 is 17.6 Å². The first-order chi connectivity index (χ1) is 22.6. The van der Waals surface area contributed by atoms with Crippen molar-refractivity contribution in [3.63, 3.8) is 0 Å². The molecular weight excluding hydrogens is 610 g/mol. The van der Waals surface area contributed by atoms with Gasteiger partial charge in [0.05, 0.1) is 34.4 Å². The molecule has 0 saturated carbocycles. The minimum absolute atomic E-state index is 0.0414. The molecule has 0 saturated heterocycles. The molecule has 0 unspecified atom stereocenters. The molecule has 6 rings (SSSR count). The summed E-state index contributed by atoms with van der Waals surface area (Å²) in [6.07, 6.45) is -0.222. The Morgan fingerprint density at radius 3 is 1.00 bits per heavy atom. The van der Waals surface area contributed by atoms with Crippen molar-refractivity contribution in [3.05, 3.63) is 166 Å². The lowest BCUT2D eigenvalue weighted by Gasteiger charge is -2.12. The van der Waals surface area contributed by atoms with Crippen LogP contribution in [0.3, 0.4) is 0 Å². The van der Waals surface area contributed by atoms with E-state index in [4.69, 9.17) is 10.5 Å². The molecule has 0 spiro atoms. The molecule has 0 radical (unpaired) electrons. The molecule has 6 aromatic rings. The molecule has 228 valence electrons. The van der Waals surface area contributed by atoms with Crippen LogP contribution in [0.1, 0.15) is 22.3 Å². The Morgan fingerprint density at radius 2 is 0.702 bits per heavy atom. The van der Waals surface area contributed by atoms with Crippen molar-refractivity contribution in [3.8, 4) is 56.6 Å². The molecule has 0 aliphatic heterocycles. The number of nitrogens with zero attached hydrogens (tertiary/aromatic N) is 2. The molecule has 0 N–H and O–H groups in total. The zero-order valence-electron chi connectivity index (χ0n) is 24.3. The van der Waals surface area contributed by atoms with E-state index in [1.807, 2.05) is 12.1 Å². The number of hydrogen-bond acceptors (Lipinski definition) is 2. The van der Waals surface area contributed by atoms with Crippen LogP contribution in [0.25, 0.3) is 44.5 Å². The topological polar surface area (TPSA) is 47.6 Å². The predicted molar refractivity (Wildman–Crippen MR) is 167 cm³/mol. The van der Waals surface area contributed by atoms with Crippen LogP contribution in [0.2, 0.25) is 0 Å². The Labute approximate surface area is 266 Å². The summed E-state index contributed by atoms with van der Waals surface area (Å²) < 4.78 is 90.9. The molecule has 0 bridgehead atoms. The molecule has 6 aromatic carbocycles. The molecule has 0 atom stereocenters. The first kappa shape index (κ1) is 30.9. The van der Waals surface area contributed by atoms with Crippen LogP contribution >= 0.6 is 0 Å². The number of nitriles is 2. The van der Waals surface area contributed by atoms with Crippen LogP contribution in [0.15, 0.2) is 109 Å². The van der Waals surface area contributed by atoms with E-state index in [2.05, 4.69) is 0 Å². The molecule has 47 heavy (non-hydrogen) atoms. The molecule has 0 aliphatic carbocycles. The van der Waals surface area contributed by atoms with Gasteiger partial charge in [-0.15, -0.1) is 0 Å². The summed E-state index contributed by atoms with van der Waals surface area (Å²) >= 11 is 0. The van der Waals surface area contributed by atoms with E-state index in [0.29, 0.717) is 22.3 Å². The summed E-state index contributed by atoms with van der Waals surface area (Å²) in [6, 6.07) is 28.0. The van der Waals surface area contributed by atoms with Crippen molar-refractivity contribution in [2.45, 2.75) is 6.42 Å². The lowest BCUT2D eigenvalue weighted by atomic mass is 9.95. The quantitative estimate of drug-likeness (QED) is 0.172. The van der Waals surface area contributed by atoms with Crippen LogP contribution < -0.4 is 0 Å². The van der Waals surface area contributed by atoms with Gasteiger partial charge in [-0.05, 0) is 100 Å². The van der Waals surface area contributed by atoms with Crippen molar-refractivity contribution in [2.24, 2.45) is 0 Å². The van der Waals surface area contributed by atoms with Gasteiger partial charge >= 0.3 is 0 Å². The lowest BCUT2D eigenvalue weighted by Crippen LogP contribution is -1.99. The third-order valence-electron chi connectivity index (χ3n) is 7.78. The highest BCUT2D eigenvalue weighted by Gasteiger charge is 2.19. The first-order valence-electron chi connectivity index (χ1n) is 14.2. The summed E-state index contributed by atoms with van der Waals surface area (Å²) in [6.45, 7) is 0. The maximum absolute atomic E-state index is 15.2. The highest BCUT2D eigenvalue weighted by molar-refractivity contribution is 5.74. The van der Waals surface area contributed by atoms with Crippen LogP contribution in [-0.4, -0.2) is 0 Å². The Hall–Kier alpha value is -6.12. The molecule has 0 fully saturated rings. The van der Waals surface area contributed by atoms with Gasteiger partial charge in [0.25, 0.3) is 0 Å². The van der Waals surface area contributed by atoms with Gasteiger partial charge in [0.1, 0.15) is 34.9 Å². The predicted octanol–water partition coefficient (Wildman–Crippen LogP) is 10.5. The molecule has 0 amide bonds. The smallest absolute Gasteiger partial charge is 0.134 e. The van der Waals surface area contributed by atoms with E-state index < -0.39 is 46.0 Å². The maximum Gasteiger partial charge on any atom is 0.134 e. The standard InChI is InChI=1S/C39H20F6N2/c40-32-18-28(9-11-30(32)26-5-1-22(20-46)2-6-26)38-34(42)14-24(15-35(38)43)13-25-16-36(44)39(37(45)17-25)29-10-12-31(33(41)19-29)27-7-3-23(21-47)4-8-27/h1-12,14-19H,13H2. The molecule has 8 heteroatoms. The van der Waals surface area contributed by atoms with Gasteiger partial charge in [0, 0.05) is 11.1 Å². The van der Waals surface area contributed by atoms with Gasteiger partial charge in [0.2, 0.25) is 0 Å². The normalized spacial score (nSPS) is 10.8. The van der Waals surface area contributed by atoms with Gasteiger partial charge in [-0.3, -0.25) is 0 Å². The minimum Gasteiger partial charge on any atom is -0.206 e. The number of hydrogen-bond donors (Lipinski definition) is 0. The molecule has 0 aromatic heterocycles. The number of rotatable bonds is 6. The monoisotopic (exact) mass is 630 g/mol. The summed E-state index contributed by atoms with van der Waals surface area (Å²) in [5, 5.41) is 17.9. The second-order valence-corrected chi connectivity index (χ2v) is 10.8. The maximum atomic E-state index is 15.2. The van der Waals surface area contributed by atoms with Gasteiger partial charge in [-0.2, -0.15) is 10.5 Å². The van der Waals surface area contributed by atoms with E-state index in [9.17, 15) is 8.78 Å². The van der Waals surface area contributed by atoms with E-state index in [1.165, 1.54) is 48.5 Å². The summed E-state index contributed by atoms with van der Waals surface area (Å²) in [5.74, 6) is -5.38. The Morgan fingerprint density at radius 1 is 0.383 bits per heavy atom. The third-order valence-corrected chi connectivity index (χ3v) is 7.78. The van der Waals surface area contributed by atoms with Gasteiger partial charge in [-0.25, -0.2) is 26.3 Å². The average molecular weight is 631 g/mol. The Balaban J connectivity index is 1.24. The molecule has 2 nitrogen and oxygen atoms in total. The van der Waals surface area contributed by atoms with Crippen LogP contribution in [0, 0.1) is 57.6 Å². The summed E-state index contributed by atoms with van der Waals surface area (Å²) in [7, 11) is 0. The second kappa shape index (κ2) is 12.7.